The van der Waals surface area contributed by atoms with Gasteiger partial charge in [-0.25, -0.2) is 0 Å². The fraction of sp³-hybridized carbons (Fsp3) is 0. The lowest BCUT2D eigenvalue weighted by Crippen LogP contribution is -2.11. The summed E-state index contributed by atoms with van der Waals surface area (Å²) in [6, 6.07) is 77.3. The van der Waals surface area contributed by atoms with Gasteiger partial charge in [-0.05, 0) is 96.0 Å². The molecular weight excluding hydrogens is 639 g/mol. The van der Waals surface area contributed by atoms with Crippen LogP contribution in [0.1, 0.15) is 0 Å². The number of anilines is 3. The summed E-state index contributed by atoms with van der Waals surface area (Å²) < 4.78 is 0. The second-order valence-corrected chi connectivity index (χ2v) is 13.7. The Hall–Kier alpha value is -6.96. The van der Waals surface area contributed by atoms with Gasteiger partial charge in [0, 0.05) is 16.5 Å². The van der Waals surface area contributed by atoms with E-state index in [1.165, 1.54) is 76.5 Å². The van der Waals surface area contributed by atoms with Crippen LogP contribution < -0.4 is 4.90 Å². The van der Waals surface area contributed by atoms with E-state index in [0.29, 0.717) is 0 Å². The molecule has 0 bridgehead atoms. The molecule has 0 spiro atoms. The summed E-state index contributed by atoms with van der Waals surface area (Å²) in [5, 5.41) is 9.90. The van der Waals surface area contributed by atoms with Crippen molar-refractivity contribution in [3.63, 3.8) is 0 Å². The molecule has 10 aromatic carbocycles. The Balaban J connectivity index is 1.23. The van der Waals surface area contributed by atoms with Crippen LogP contribution in [0.4, 0.5) is 17.1 Å². The zero-order chi connectivity index (χ0) is 35.1. The van der Waals surface area contributed by atoms with Crippen molar-refractivity contribution in [3.05, 3.63) is 212 Å². The molecule has 0 aliphatic rings. The minimum absolute atomic E-state index is 1.11. The molecule has 0 atom stereocenters. The van der Waals surface area contributed by atoms with Crippen LogP contribution in [0.25, 0.3) is 76.5 Å². The normalized spacial score (nSPS) is 11.4. The summed E-state index contributed by atoms with van der Waals surface area (Å²) >= 11 is 0. The number of hydrogen-bond acceptors (Lipinski definition) is 1. The van der Waals surface area contributed by atoms with Crippen molar-refractivity contribution in [3.8, 4) is 33.4 Å². The lowest BCUT2D eigenvalue weighted by molar-refractivity contribution is 1.31. The Morgan fingerprint density at radius 3 is 1.30 bits per heavy atom. The second-order valence-electron chi connectivity index (χ2n) is 13.7. The van der Waals surface area contributed by atoms with E-state index in [0.717, 1.165) is 17.1 Å². The zero-order valence-electron chi connectivity index (χ0n) is 29.2. The summed E-state index contributed by atoms with van der Waals surface area (Å²) in [7, 11) is 0. The molecule has 0 fully saturated rings. The summed E-state index contributed by atoms with van der Waals surface area (Å²) in [6.45, 7) is 0. The summed E-state index contributed by atoms with van der Waals surface area (Å²) in [5.74, 6) is 0. The van der Waals surface area contributed by atoms with E-state index in [4.69, 9.17) is 0 Å². The zero-order valence-corrected chi connectivity index (χ0v) is 29.2. The molecule has 0 radical (unpaired) electrons. The minimum atomic E-state index is 1.11. The third-order valence-electron chi connectivity index (χ3n) is 10.6. The molecule has 1 nitrogen and oxygen atoms in total. The van der Waals surface area contributed by atoms with Crippen molar-refractivity contribution in [2.75, 3.05) is 4.90 Å². The van der Waals surface area contributed by atoms with E-state index in [1.807, 2.05) is 0 Å². The molecular formula is C52H35N. The summed E-state index contributed by atoms with van der Waals surface area (Å²) in [5.41, 5.74) is 10.7. The van der Waals surface area contributed by atoms with Gasteiger partial charge in [-0.1, -0.05) is 182 Å². The SMILES string of the molecule is c1ccc(-c2c(-c3ccccc3)c3cc(-c4cccc(N(c5cccc6ccccc56)c5cccc6ccccc56)c4)ccc3c3ccccc23)cc1. The Morgan fingerprint density at radius 1 is 0.245 bits per heavy atom. The predicted molar refractivity (Wildman–Crippen MR) is 227 cm³/mol. The van der Waals surface area contributed by atoms with Crippen molar-refractivity contribution in [2.24, 2.45) is 0 Å². The molecule has 1 heteroatoms. The van der Waals surface area contributed by atoms with Crippen LogP contribution >= 0.6 is 0 Å². The molecule has 10 aromatic rings. The first-order valence-electron chi connectivity index (χ1n) is 18.3. The Kier molecular flexibility index (Phi) is 7.55. The molecule has 0 saturated carbocycles. The van der Waals surface area contributed by atoms with Crippen molar-refractivity contribution in [1.29, 1.82) is 0 Å². The van der Waals surface area contributed by atoms with Gasteiger partial charge in [0.05, 0.1) is 11.4 Å². The van der Waals surface area contributed by atoms with Crippen LogP contribution in [0, 0.1) is 0 Å². The highest BCUT2D eigenvalue weighted by Crippen LogP contribution is 2.47. The number of rotatable bonds is 6. The van der Waals surface area contributed by atoms with Gasteiger partial charge in [-0.2, -0.15) is 0 Å². The highest BCUT2D eigenvalue weighted by atomic mass is 15.1. The maximum atomic E-state index is 2.44. The Bertz CT molecular complexity index is 2850. The van der Waals surface area contributed by atoms with E-state index < -0.39 is 0 Å². The monoisotopic (exact) mass is 673 g/mol. The average Bonchev–Trinajstić information content (AvgIpc) is 3.24. The fourth-order valence-electron chi connectivity index (χ4n) is 8.22. The van der Waals surface area contributed by atoms with Gasteiger partial charge in [0.2, 0.25) is 0 Å². The first-order chi connectivity index (χ1) is 26.3. The Morgan fingerprint density at radius 2 is 0.679 bits per heavy atom. The quantitative estimate of drug-likeness (QED) is 0.159. The molecule has 0 amide bonds. The summed E-state index contributed by atoms with van der Waals surface area (Å²) in [6.07, 6.45) is 0. The summed E-state index contributed by atoms with van der Waals surface area (Å²) in [4.78, 5) is 2.44. The predicted octanol–water partition coefficient (Wildman–Crippen LogP) is 14.8. The molecule has 53 heavy (non-hydrogen) atoms. The van der Waals surface area contributed by atoms with Gasteiger partial charge < -0.3 is 4.90 Å². The Labute approximate surface area is 309 Å². The van der Waals surface area contributed by atoms with Crippen molar-refractivity contribution >= 4 is 60.2 Å². The van der Waals surface area contributed by atoms with Gasteiger partial charge in [0.15, 0.2) is 0 Å². The van der Waals surface area contributed by atoms with Gasteiger partial charge in [-0.15, -0.1) is 0 Å². The van der Waals surface area contributed by atoms with Crippen LogP contribution in [0.15, 0.2) is 212 Å². The standard InChI is InChI=1S/C52H35N/c1-3-18-38(19-4-1)51-47-29-12-11-28-45(47)46-33-32-41(35-48(46)52(51)39-20-5-2-6-21-39)40-24-13-25-42(34-40)53(49-30-14-22-36-16-7-9-26-43(36)49)50-31-15-23-37-17-8-10-27-44(37)50/h1-35H. The highest BCUT2D eigenvalue weighted by molar-refractivity contribution is 6.22. The van der Waals surface area contributed by atoms with Crippen LogP contribution in [0.5, 0.6) is 0 Å². The molecule has 0 N–H and O–H groups in total. The van der Waals surface area contributed by atoms with E-state index in [2.05, 4.69) is 217 Å². The third-order valence-corrected chi connectivity index (χ3v) is 10.6. The lowest BCUT2D eigenvalue weighted by Gasteiger charge is -2.28. The highest BCUT2D eigenvalue weighted by Gasteiger charge is 2.20. The van der Waals surface area contributed by atoms with Gasteiger partial charge >= 0.3 is 0 Å². The van der Waals surface area contributed by atoms with Crippen LogP contribution in [-0.2, 0) is 0 Å². The van der Waals surface area contributed by atoms with E-state index in [-0.39, 0.29) is 0 Å². The average molecular weight is 674 g/mol. The topological polar surface area (TPSA) is 3.24 Å². The smallest absolute Gasteiger partial charge is 0.0540 e. The molecule has 10 rings (SSSR count). The molecule has 248 valence electrons. The van der Waals surface area contributed by atoms with E-state index >= 15 is 0 Å². The van der Waals surface area contributed by atoms with Crippen LogP contribution in [-0.4, -0.2) is 0 Å². The fourth-order valence-corrected chi connectivity index (χ4v) is 8.22. The van der Waals surface area contributed by atoms with Crippen LogP contribution in [0.2, 0.25) is 0 Å². The first kappa shape index (κ1) is 30.8. The van der Waals surface area contributed by atoms with Crippen molar-refractivity contribution < 1.29 is 0 Å². The van der Waals surface area contributed by atoms with E-state index in [9.17, 15) is 0 Å². The van der Waals surface area contributed by atoms with Gasteiger partial charge in [0.1, 0.15) is 0 Å². The second kappa shape index (κ2) is 13.0. The number of nitrogens with zero attached hydrogens (tertiary/aromatic N) is 1. The minimum Gasteiger partial charge on any atom is -0.309 e. The maximum absolute atomic E-state index is 2.44. The molecule has 0 saturated heterocycles. The van der Waals surface area contributed by atoms with E-state index in [1.54, 1.807) is 0 Å². The molecule has 0 aliphatic carbocycles. The van der Waals surface area contributed by atoms with Crippen molar-refractivity contribution in [1.82, 2.24) is 0 Å². The number of benzene rings is 10. The molecule has 0 aliphatic heterocycles. The molecule has 0 unspecified atom stereocenters. The number of hydrogen-bond donors (Lipinski definition) is 0. The largest absolute Gasteiger partial charge is 0.309 e. The van der Waals surface area contributed by atoms with Crippen LogP contribution in [0.3, 0.4) is 0 Å². The third kappa shape index (κ3) is 5.34. The molecule has 0 aromatic heterocycles. The molecule has 0 heterocycles. The first-order valence-corrected chi connectivity index (χ1v) is 18.3. The van der Waals surface area contributed by atoms with Gasteiger partial charge in [-0.3, -0.25) is 0 Å². The number of fused-ring (bicyclic) bond motifs is 5. The maximum Gasteiger partial charge on any atom is 0.0540 e. The lowest BCUT2D eigenvalue weighted by atomic mass is 9.84. The van der Waals surface area contributed by atoms with Gasteiger partial charge in [0.25, 0.3) is 0 Å². The van der Waals surface area contributed by atoms with Crippen molar-refractivity contribution in [2.45, 2.75) is 0 Å².